The molecule has 3 nitrogen and oxygen atoms in total. The lowest BCUT2D eigenvalue weighted by Crippen LogP contribution is -2.05. The van der Waals surface area contributed by atoms with Crippen molar-refractivity contribution >= 4 is 16.8 Å². The zero-order chi connectivity index (χ0) is 13.9. The quantitative estimate of drug-likeness (QED) is 0.679. The summed E-state index contributed by atoms with van der Waals surface area (Å²) in [5.41, 5.74) is 2.47. The van der Waals surface area contributed by atoms with Gasteiger partial charge in [-0.05, 0) is 36.4 Å². The Morgan fingerprint density at radius 3 is 2.65 bits per heavy atom. The number of aromatic nitrogens is 2. The molecule has 3 rings (SSSR count). The Morgan fingerprint density at radius 2 is 1.85 bits per heavy atom. The Labute approximate surface area is 115 Å². The van der Waals surface area contributed by atoms with E-state index in [0.29, 0.717) is 18.5 Å². The van der Waals surface area contributed by atoms with E-state index in [1.54, 1.807) is 6.33 Å². The molecule has 0 amide bonds. The lowest BCUT2D eigenvalue weighted by atomic mass is 10.1. The van der Waals surface area contributed by atoms with Crippen LogP contribution in [0.25, 0.3) is 11.0 Å². The summed E-state index contributed by atoms with van der Waals surface area (Å²) in [7, 11) is 0. The average Bonchev–Trinajstić information content (AvgIpc) is 2.89. The monoisotopic (exact) mass is 268 g/mol. The minimum atomic E-state index is -0.331. The van der Waals surface area contributed by atoms with Gasteiger partial charge < -0.3 is 4.57 Å². The van der Waals surface area contributed by atoms with E-state index in [9.17, 15) is 9.18 Å². The first-order chi connectivity index (χ1) is 9.74. The molecule has 0 spiro atoms. The molecule has 0 aliphatic rings. The Kier molecular flexibility index (Phi) is 3.29. The number of carbonyl (C=O) groups is 1. The van der Waals surface area contributed by atoms with Gasteiger partial charge in [0.15, 0.2) is 5.78 Å². The molecule has 0 aliphatic carbocycles. The molecule has 1 aromatic heterocycles. The Morgan fingerprint density at radius 1 is 1.10 bits per heavy atom. The minimum absolute atomic E-state index is 0.00258. The van der Waals surface area contributed by atoms with E-state index < -0.39 is 0 Å². The predicted octanol–water partition coefficient (Wildman–Crippen LogP) is 3.45. The van der Waals surface area contributed by atoms with Gasteiger partial charge in [0.2, 0.25) is 0 Å². The van der Waals surface area contributed by atoms with E-state index in [1.165, 1.54) is 24.3 Å². The molecule has 0 N–H and O–H groups in total. The highest BCUT2D eigenvalue weighted by atomic mass is 19.1. The smallest absolute Gasteiger partial charge is 0.164 e. The molecule has 20 heavy (non-hydrogen) atoms. The molecule has 100 valence electrons. The van der Waals surface area contributed by atoms with Gasteiger partial charge in [-0.15, -0.1) is 0 Å². The molecule has 0 saturated carbocycles. The van der Waals surface area contributed by atoms with Crippen molar-refractivity contribution in [2.24, 2.45) is 0 Å². The van der Waals surface area contributed by atoms with Crippen molar-refractivity contribution < 1.29 is 9.18 Å². The van der Waals surface area contributed by atoms with Crippen molar-refractivity contribution in [1.82, 2.24) is 9.55 Å². The van der Waals surface area contributed by atoms with Crippen molar-refractivity contribution in [2.75, 3.05) is 0 Å². The molecule has 2 aromatic carbocycles. The van der Waals surface area contributed by atoms with Gasteiger partial charge in [-0.3, -0.25) is 4.79 Å². The van der Waals surface area contributed by atoms with Crippen LogP contribution < -0.4 is 0 Å². The molecule has 0 radical (unpaired) electrons. The van der Waals surface area contributed by atoms with Crippen molar-refractivity contribution in [3.63, 3.8) is 0 Å². The van der Waals surface area contributed by atoms with Crippen LogP contribution in [0.5, 0.6) is 0 Å². The van der Waals surface area contributed by atoms with Crippen molar-refractivity contribution in [3.05, 3.63) is 66.2 Å². The summed E-state index contributed by atoms with van der Waals surface area (Å²) >= 11 is 0. The summed E-state index contributed by atoms with van der Waals surface area (Å²) in [4.78, 5) is 16.3. The van der Waals surface area contributed by atoms with Gasteiger partial charge in [-0.2, -0.15) is 0 Å². The summed E-state index contributed by atoms with van der Waals surface area (Å²) in [6, 6.07) is 13.4. The largest absolute Gasteiger partial charge is 0.330 e. The summed E-state index contributed by atoms with van der Waals surface area (Å²) in [5, 5.41) is 0. The fourth-order valence-electron chi connectivity index (χ4n) is 2.19. The molecular formula is C16H13FN2O. The van der Waals surface area contributed by atoms with Gasteiger partial charge in [-0.25, -0.2) is 9.37 Å². The third-order valence-electron chi connectivity index (χ3n) is 3.27. The highest BCUT2D eigenvalue weighted by molar-refractivity contribution is 5.96. The molecule has 0 fully saturated rings. The van der Waals surface area contributed by atoms with Crippen LogP contribution in [0.3, 0.4) is 0 Å². The number of Topliss-reactive ketones (excluding diaryl/α,β-unsaturated/α-hetero) is 1. The normalized spacial score (nSPS) is 10.8. The fourth-order valence-corrected chi connectivity index (χ4v) is 2.19. The molecule has 1 heterocycles. The summed E-state index contributed by atoms with van der Waals surface area (Å²) < 4.78 is 14.8. The Bertz CT molecular complexity index is 747. The number of fused-ring (bicyclic) bond motifs is 1. The van der Waals surface area contributed by atoms with E-state index in [1.807, 2.05) is 28.8 Å². The first-order valence-electron chi connectivity index (χ1n) is 6.43. The van der Waals surface area contributed by atoms with Crippen LogP contribution in [-0.4, -0.2) is 15.3 Å². The number of hydrogen-bond donors (Lipinski definition) is 0. The van der Waals surface area contributed by atoms with Crippen LogP contribution in [0.2, 0.25) is 0 Å². The van der Waals surface area contributed by atoms with E-state index >= 15 is 0 Å². The minimum Gasteiger partial charge on any atom is -0.330 e. The van der Waals surface area contributed by atoms with Crippen LogP contribution >= 0.6 is 0 Å². The SMILES string of the molecule is O=C(CCn1cnc2ccccc21)c1ccc(F)cc1. The van der Waals surface area contributed by atoms with Crippen LogP contribution in [0.1, 0.15) is 16.8 Å². The van der Waals surface area contributed by atoms with Crippen LogP contribution in [0.15, 0.2) is 54.9 Å². The van der Waals surface area contributed by atoms with Gasteiger partial charge in [-0.1, -0.05) is 12.1 Å². The molecule has 3 aromatic rings. The molecule has 0 aliphatic heterocycles. The summed E-state index contributed by atoms with van der Waals surface area (Å²) in [6.07, 6.45) is 2.11. The number of benzene rings is 2. The first-order valence-corrected chi connectivity index (χ1v) is 6.43. The first kappa shape index (κ1) is 12.5. The predicted molar refractivity (Wildman–Crippen MR) is 75.1 cm³/mol. The van der Waals surface area contributed by atoms with E-state index in [4.69, 9.17) is 0 Å². The lowest BCUT2D eigenvalue weighted by Gasteiger charge is -2.04. The Balaban J connectivity index is 1.73. The molecule has 0 bridgehead atoms. The molecule has 0 atom stereocenters. The zero-order valence-corrected chi connectivity index (χ0v) is 10.8. The second kappa shape index (κ2) is 5.25. The zero-order valence-electron chi connectivity index (χ0n) is 10.8. The van der Waals surface area contributed by atoms with Crippen molar-refractivity contribution in [1.29, 1.82) is 0 Å². The third kappa shape index (κ3) is 2.45. The number of rotatable bonds is 4. The molecule has 0 unspecified atom stereocenters. The molecular weight excluding hydrogens is 255 g/mol. The average molecular weight is 268 g/mol. The summed E-state index contributed by atoms with van der Waals surface area (Å²) in [5.74, 6) is -0.329. The molecule has 4 heteroatoms. The fraction of sp³-hybridized carbons (Fsp3) is 0.125. The van der Waals surface area contributed by atoms with Gasteiger partial charge in [0.25, 0.3) is 0 Å². The highest BCUT2D eigenvalue weighted by Crippen LogP contribution is 2.13. The van der Waals surface area contributed by atoms with Gasteiger partial charge in [0.05, 0.1) is 17.4 Å². The van der Waals surface area contributed by atoms with Gasteiger partial charge in [0.1, 0.15) is 5.82 Å². The Hall–Kier alpha value is -2.49. The van der Waals surface area contributed by atoms with Crippen LogP contribution in [0, 0.1) is 5.82 Å². The maximum atomic E-state index is 12.8. The van der Waals surface area contributed by atoms with Gasteiger partial charge >= 0.3 is 0 Å². The van der Waals surface area contributed by atoms with Crippen molar-refractivity contribution in [3.8, 4) is 0 Å². The highest BCUT2D eigenvalue weighted by Gasteiger charge is 2.07. The standard InChI is InChI=1S/C16H13FN2O/c17-13-7-5-12(6-8-13)16(20)9-10-19-11-18-14-3-1-2-4-15(14)19/h1-8,11H,9-10H2. The maximum Gasteiger partial charge on any atom is 0.164 e. The number of aryl methyl sites for hydroxylation is 1. The lowest BCUT2D eigenvalue weighted by molar-refractivity contribution is 0.0977. The number of nitrogens with zero attached hydrogens (tertiary/aromatic N) is 2. The third-order valence-corrected chi connectivity index (χ3v) is 3.27. The van der Waals surface area contributed by atoms with E-state index in [0.717, 1.165) is 11.0 Å². The van der Waals surface area contributed by atoms with Crippen LogP contribution in [-0.2, 0) is 6.54 Å². The topological polar surface area (TPSA) is 34.9 Å². The number of para-hydroxylation sites is 2. The van der Waals surface area contributed by atoms with E-state index in [-0.39, 0.29) is 11.6 Å². The number of halogens is 1. The molecule has 0 saturated heterocycles. The number of ketones is 1. The van der Waals surface area contributed by atoms with E-state index in [2.05, 4.69) is 4.98 Å². The number of hydrogen-bond acceptors (Lipinski definition) is 2. The second-order valence-corrected chi connectivity index (χ2v) is 4.61. The number of carbonyl (C=O) groups excluding carboxylic acids is 1. The second-order valence-electron chi connectivity index (χ2n) is 4.61. The summed E-state index contributed by atoms with van der Waals surface area (Å²) in [6.45, 7) is 0.566. The van der Waals surface area contributed by atoms with Crippen LogP contribution in [0.4, 0.5) is 4.39 Å². The maximum absolute atomic E-state index is 12.8. The van der Waals surface area contributed by atoms with Gasteiger partial charge in [0, 0.05) is 18.5 Å². The number of imidazole rings is 1. The van der Waals surface area contributed by atoms with Crippen molar-refractivity contribution in [2.45, 2.75) is 13.0 Å².